The zero-order chi connectivity index (χ0) is 36.6. The van der Waals surface area contributed by atoms with Gasteiger partial charge in [0.25, 0.3) is 5.91 Å². The van der Waals surface area contributed by atoms with Gasteiger partial charge < -0.3 is 41.2 Å². The lowest BCUT2D eigenvalue weighted by Gasteiger charge is -2.22. The molecule has 2 heterocycles. The fourth-order valence-corrected chi connectivity index (χ4v) is 5.22. The minimum absolute atomic E-state index is 0.0400. The molecule has 1 saturated heterocycles. The number of carbonyl (C=O) groups is 4. The number of aromatic nitrogens is 3. The molecule has 1 aliphatic heterocycles. The lowest BCUT2D eigenvalue weighted by molar-refractivity contribution is -0.154. The van der Waals surface area contributed by atoms with Crippen LogP contribution in [-0.2, 0) is 24.7 Å². The van der Waals surface area contributed by atoms with Crippen molar-refractivity contribution < 1.29 is 46.9 Å². The highest BCUT2D eigenvalue weighted by molar-refractivity contribution is 6.35. The van der Waals surface area contributed by atoms with Crippen molar-refractivity contribution in [2.24, 2.45) is 5.92 Å². The number of amides is 3. The molecular weight excluding hydrogens is 701 g/mol. The van der Waals surface area contributed by atoms with Crippen LogP contribution in [0.3, 0.4) is 0 Å². The predicted molar refractivity (Wildman–Crippen MR) is 176 cm³/mol. The Bertz CT molecular complexity index is 1720. The van der Waals surface area contributed by atoms with E-state index in [1.54, 1.807) is 12.1 Å². The quantitative estimate of drug-likeness (QED) is 0.132. The standard InChI is InChI=1S/C32H34ClF3N8O7/c33-21-5-3-20(4-6-21)31(11-12-31)44-29-41-28(42-30(43-29)51-17-32(34,35)36)39-22-7-1-19(2-8-22)24(45)40-23(27(48)49)16-38-26(47)25(46)37-15-18-9-13-50-14-10-18/h1-8,18,23H,9-17H2,(H,37,46)(H,38,47)(H,40,45)(H,48,49)(H2,39,41,42,43,44)/t23-/m0/s1. The van der Waals surface area contributed by atoms with Gasteiger partial charge in [-0.15, -0.1) is 0 Å². The summed E-state index contributed by atoms with van der Waals surface area (Å²) in [6.07, 6.45) is -1.75. The minimum Gasteiger partial charge on any atom is -0.480 e. The topological polar surface area (TPSA) is 206 Å². The molecule has 0 spiro atoms. The van der Waals surface area contributed by atoms with Gasteiger partial charge >= 0.3 is 30.0 Å². The van der Waals surface area contributed by atoms with Crippen LogP contribution >= 0.6 is 11.6 Å². The summed E-state index contributed by atoms with van der Waals surface area (Å²) in [4.78, 5) is 61.3. The molecule has 1 aromatic heterocycles. The van der Waals surface area contributed by atoms with E-state index in [0.29, 0.717) is 36.8 Å². The second-order valence-electron chi connectivity index (χ2n) is 11.9. The zero-order valence-electron chi connectivity index (χ0n) is 26.9. The Morgan fingerprint density at radius 3 is 2.22 bits per heavy atom. The second-order valence-corrected chi connectivity index (χ2v) is 12.4. The van der Waals surface area contributed by atoms with Gasteiger partial charge in [-0.2, -0.15) is 28.1 Å². The van der Waals surface area contributed by atoms with E-state index in [2.05, 4.69) is 41.5 Å². The Morgan fingerprint density at radius 1 is 0.941 bits per heavy atom. The highest BCUT2D eigenvalue weighted by atomic mass is 35.5. The summed E-state index contributed by atoms with van der Waals surface area (Å²) in [7, 11) is 0. The number of benzene rings is 2. The zero-order valence-corrected chi connectivity index (χ0v) is 27.6. The van der Waals surface area contributed by atoms with Crippen molar-refractivity contribution in [1.82, 2.24) is 30.9 Å². The van der Waals surface area contributed by atoms with E-state index in [0.717, 1.165) is 18.4 Å². The molecule has 2 fully saturated rings. The Labute approximate surface area is 294 Å². The van der Waals surface area contributed by atoms with Gasteiger partial charge in [-0.05, 0) is 73.6 Å². The van der Waals surface area contributed by atoms with Crippen LogP contribution in [0.2, 0.25) is 5.02 Å². The molecule has 0 radical (unpaired) electrons. The summed E-state index contributed by atoms with van der Waals surface area (Å²) in [6.45, 7) is -0.768. The number of nitrogens with zero attached hydrogens (tertiary/aromatic N) is 3. The Hall–Kier alpha value is -5.23. The number of carboxylic acids is 1. The number of anilines is 3. The maximum atomic E-state index is 12.9. The molecule has 15 nitrogen and oxygen atoms in total. The fourth-order valence-electron chi connectivity index (χ4n) is 5.09. The minimum atomic E-state index is -4.64. The van der Waals surface area contributed by atoms with Gasteiger partial charge in [-0.25, -0.2) is 4.79 Å². The van der Waals surface area contributed by atoms with E-state index in [4.69, 9.17) is 21.1 Å². The number of alkyl halides is 3. The SMILES string of the molecule is O=C(NCC1CCOCC1)C(=O)NC[C@H](NC(=O)c1ccc(Nc2nc(NC3(c4ccc(Cl)cc4)CC3)nc(OCC(F)(F)F)n2)cc1)C(=O)O. The summed E-state index contributed by atoms with van der Waals surface area (Å²) >= 11 is 6.01. The number of rotatable bonds is 14. The van der Waals surface area contributed by atoms with E-state index < -0.39 is 60.6 Å². The van der Waals surface area contributed by atoms with Gasteiger partial charge in [0.05, 0.1) is 5.54 Å². The molecule has 1 atom stereocenters. The lowest BCUT2D eigenvalue weighted by Crippen LogP contribution is -2.51. The Morgan fingerprint density at radius 2 is 1.59 bits per heavy atom. The first-order chi connectivity index (χ1) is 24.3. The van der Waals surface area contributed by atoms with E-state index in [1.807, 2.05) is 12.1 Å². The smallest absolute Gasteiger partial charge is 0.422 e. The van der Waals surface area contributed by atoms with Gasteiger partial charge in [-0.1, -0.05) is 23.7 Å². The van der Waals surface area contributed by atoms with Gasteiger partial charge in [0.15, 0.2) is 6.61 Å². The molecular formula is C32H34ClF3N8O7. The highest BCUT2D eigenvalue weighted by Gasteiger charge is 2.45. The third-order valence-electron chi connectivity index (χ3n) is 8.05. The van der Waals surface area contributed by atoms with E-state index >= 15 is 0 Å². The van der Waals surface area contributed by atoms with Crippen LogP contribution in [0, 0.1) is 5.92 Å². The maximum Gasteiger partial charge on any atom is 0.422 e. The van der Waals surface area contributed by atoms with Crippen LogP contribution in [0.5, 0.6) is 6.01 Å². The number of carboxylic acid groups (broad SMARTS) is 1. The average Bonchev–Trinajstić information content (AvgIpc) is 3.88. The van der Waals surface area contributed by atoms with Crippen molar-refractivity contribution in [1.29, 1.82) is 0 Å². The van der Waals surface area contributed by atoms with Crippen LogP contribution < -0.4 is 31.3 Å². The average molecular weight is 735 g/mol. The molecule has 51 heavy (non-hydrogen) atoms. The molecule has 0 unspecified atom stereocenters. The van der Waals surface area contributed by atoms with Gasteiger partial charge in [0.1, 0.15) is 6.04 Å². The first kappa shape index (κ1) is 37.0. The fraction of sp³-hybridized carbons (Fsp3) is 0.406. The molecule has 6 N–H and O–H groups in total. The van der Waals surface area contributed by atoms with Crippen LogP contribution in [0.1, 0.15) is 41.6 Å². The van der Waals surface area contributed by atoms with Crippen LogP contribution in [0.15, 0.2) is 48.5 Å². The molecule has 1 saturated carbocycles. The van der Waals surface area contributed by atoms with E-state index in [9.17, 15) is 37.5 Å². The summed E-state index contributed by atoms with van der Waals surface area (Å²) in [5.41, 5.74) is 0.677. The normalized spacial score (nSPS) is 15.9. The second kappa shape index (κ2) is 16.2. The highest BCUT2D eigenvalue weighted by Crippen LogP contribution is 2.48. The van der Waals surface area contributed by atoms with Crippen LogP contribution in [0.25, 0.3) is 0 Å². The first-order valence-corrected chi connectivity index (χ1v) is 16.2. The number of carbonyl (C=O) groups excluding carboxylic acids is 3. The van der Waals surface area contributed by atoms with Crippen molar-refractivity contribution in [2.45, 2.75) is 43.4 Å². The predicted octanol–water partition coefficient (Wildman–Crippen LogP) is 3.15. The number of ether oxygens (including phenoxy) is 2. The Kier molecular flexibility index (Phi) is 11.8. The van der Waals surface area contributed by atoms with Crippen LogP contribution in [-0.4, -0.2) is 88.9 Å². The van der Waals surface area contributed by atoms with Gasteiger partial charge in [-0.3, -0.25) is 14.4 Å². The Balaban J connectivity index is 1.20. The number of aliphatic carboxylic acids is 1. The lowest BCUT2D eigenvalue weighted by atomic mass is 10.0. The number of nitrogens with one attached hydrogen (secondary N) is 5. The molecule has 2 aromatic carbocycles. The molecule has 3 amide bonds. The number of halogens is 4. The third-order valence-corrected chi connectivity index (χ3v) is 8.30. The third kappa shape index (κ3) is 10.9. The number of hydrogen-bond donors (Lipinski definition) is 6. The first-order valence-electron chi connectivity index (χ1n) is 15.8. The van der Waals surface area contributed by atoms with Crippen molar-refractivity contribution in [3.63, 3.8) is 0 Å². The molecule has 0 bridgehead atoms. The van der Waals surface area contributed by atoms with Gasteiger partial charge in [0, 0.05) is 42.6 Å². The summed E-state index contributed by atoms with van der Waals surface area (Å²) < 4.78 is 48.8. The molecule has 2 aliphatic rings. The molecule has 3 aromatic rings. The maximum absolute atomic E-state index is 12.9. The summed E-state index contributed by atoms with van der Waals surface area (Å²) in [6, 6.07) is 10.5. The van der Waals surface area contributed by atoms with E-state index in [1.165, 1.54) is 24.3 Å². The molecule has 272 valence electrons. The molecule has 5 rings (SSSR count). The summed E-state index contributed by atoms with van der Waals surface area (Å²) in [5, 5.41) is 23.2. The van der Waals surface area contributed by atoms with Gasteiger partial charge in [0.2, 0.25) is 11.9 Å². The van der Waals surface area contributed by atoms with Crippen molar-refractivity contribution in [2.75, 3.05) is 43.5 Å². The summed E-state index contributed by atoms with van der Waals surface area (Å²) in [5.74, 6) is -4.24. The molecule has 19 heteroatoms. The number of hydrogen-bond acceptors (Lipinski definition) is 11. The van der Waals surface area contributed by atoms with Crippen molar-refractivity contribution >= 4 is 52.9 Å². The molecule has 1 aliphatic carbocycles. The monoisotopic (exact) mass is 734 g/mol. The van der Waals surface area contributed by atoms with E-state index in [-0.39, 0.29) is 29.9 Å². The van der Waals surface area contributed by atoms with Crippen molar-refractivity contribution in [3.8, 4) is 6.01 Å². The largest absolute Gasteiger partial charge is 0.480 e. The van der Waals surface area contributed by atoms with Crippen LogP contribution in [0.4, 0.5) is 30.8 Å². The van der Waals surface area contributed by atoms with Crippen molar-refractivity contribution in [3.05, 3.63) is 64.7 Å².